The van der Waals surface area contributed by atoms with Crippen molar-refractivity contribution >= 4 is 52.1 Å². The average Bonchev–Trinajstić information content (AvgIpc) is 3.49. The van der Waals surface area contributed by atoms with Gasteiger partial charge in [0.1, 0.15) is 0 Å². The third kappa shape index (κ3) is 4.17. The molecule has 160 valence electrons. The summed E-state index contributed by atoms with van der Waals surface area (Å²) >= 11 is 14.3. The van der Waals surface area contributed by atoms with Crippen molar-refractivity contribution in [1.29, 1.82) is 0 Å². The number of nitrogens with zero attached hydrogens (tertiary/aromatic N) is 3. The Morgan fingerprint density at radius 1 is 1.13 bits per heavy atom. The van der Waals surface area contributed by atoms with Gasteiger partial charge in [-0.15, -0.1) is 0 Å². The van der Waals surface area contributed by atoms with E-state index in [-0.39, 0.29) is 5.91 Å². The third-order valence-electron chi connectivity index (χ3n) is 5.76. The van der Waals surface area contributed by atoms with Crippen LogP contribution in [-0.4, -0.2) is 33.8 Å². The van der Waals surface area contributed by atoms with E-state index in [0.717, 1.165) is 67.7 Å². The second-order valence-electron chi connectivity index (χ2n) is 7.90. The van der Waals surface area contributed by atoms with Crippen LogP contribution in [0.2, 0.25) is 10.0 Å². The number of carbonyl (C=O) groups excluding carboxylic acids is 1. The minimum absolute atomic E-state index is 0.154. The van der Waals surface area contributed by atoms with Crippen LogP contribution in [0, 0.1) is 0 Å². The van der Waals surface area contributed by atoms with Gasteiger partial charge in [0.2, 0.25) is 0 Å². The van der Waals surface area contributed by atoms with E-state index in [1.54, 1.807) is 23.5 Å². The highest BCUT2D eigenvalue weighted by molar-refractivity contribution is 7.08. The summed E-state index contributed by atoms with van der Waals surface area (Å²) in [5, 5.41) is 12.0. The molecule has 3 aromatic rings. The predicted molar refractivity (Wildman–Crippen MR) is 127 cm³/mol. The molecule has 0 bridgehead atoms. The summed E-state index contributed by atoms with van der Waals surface area (Å²) in [4.78, 5) is 13.2. The Morgan fingerprint density at radius 2 is 1.97 bits per heavy atom. The first-order valence-corrected chi connectivity index (χ1v) is 12.2. The molecule has 3 heterocycles. The minimum atomic E-state index is -0.154. The molecule has 0 saturated carbocycles. The van der Waals surface area contributed by atoms with Gasteiger partial charge in [0.15, 0.2) is 5.69 Å². The molecule has 1 saturated heterocycles. The van der Waals surface area contributed by atoms with Gasteiger partial charge < -0.3 is 0 Å². The van der Waals surface area contributed by atoms with Gasteiger partial charge in [-0.3, -0.25) is 10.2 Å². The molecule has 0 unspecified atom stereocenters. The van der Waals surface area contributed by atoms with Crippen molar-refractivity contribution < 1.29 is 4.79 Å². The molecule has 1 aliphatic heterocycles. The number of fused-ring (bicyclic) bond motifs is 1. The molecule has 1 amide bonds. The number of rotatable bonds is 4. The van der Waals surface area contributed by atoms with Gasteiger partial charge in [-0.1, -0.05) is 23.2 Å². The lowest BCUT2D eigenvalue weighted by atomic mass is 9.90. The van der Waals surface area contributed by atoms with Gasteiger partial charge in [0, 0.05) is 23.7 Å². The van der Waals surface area contributed by atoms with Crippen LogP contribution in [0.4, 0.5) is 0 Å². The van der Waals surface area contributed by atoms with Crippen molar-refractivity contribution in [2.45, 2.75) is 32.1 Å². The Morgan fingerprint density at radius 3 is 2.71 bits per heavy atom. The quantitative estimate of drug-likeness (QED) is 0.517. The number of carbonyl (C=O) groups is 1. The molecule has 5 rings (SSSR count). The molecule has 1 fully saturated rings. The van der Waals surface area contributed by atoms with Crippen LogP contribution < -0.4 is 5.43 Å². The first-order valence-electron chi connectivity index (χ1n) is 10.5. The normalized spacial score (nSPS) is 17.8. The van der Waals surface area contributed by atoms with E-state index in [4.69, 9.17) is 28.3 Å². The van der Waals surface area contributed by atoms with Gasteiger partial charge in [-0.2, -0.15) is 16.4 Å². The van der Waals surface area contributed by atoms with E-state index in [9.17, 15) is 4.79 Å². The second-order valence-corrected chi connectivity index (χ2v) is 9.52. The Bertz CT molecular complexity index is 1150. The van der Waals surface area contributed by atoms with E-state index < -0.39 is 0 Å². The molecule has 8 heteroatoms. The largest absolute Gasteiger partial charge is 0.286 e. The minimum Gasteiger partial charge on any atom is -0.283 e. The molecule has 1 aromatic carbocycles. The summed E-state index contributed by atoms with van der Waals surface area (Å²) in [5.41, 5.74) is 8.51. The predicted octanol–water partition coefficient (Wildman–Crippen LogP) is 5.86. The summed E-state index contributed by atoms with van der Waals surface area (Å²) in [6.07, 6.45) is 7.10. The summed E-state index contributed by atoms with van der Waals surface area (Å²) < 4.78 is 1.82. The molecular formula is C23H22Cl2N4OS. The second kappa shape index (κ2) is 8.79. The van der Waals surface area contributed by atoms with E-state index >= 15 is 0 Å². The maximum atomic E-state index is 13.2. The van der Waals surface area contributed by atoms with Crippen molar-refractivity contribution in [1.82, 2.24) is 20.2 Å². The highest BCUT2D eigenvalue weighted by Gasteiger charge is 2.30. The van der Waals surface area contributed by atoms with Gasteiger partial charge in [-0.25, -0.2) is 9.69 Å². The number of halogens is 2. The molecule has 2 aliphatic rings. The highest BCUT2D eigenvalue weighted by Crippen LogP contribution is 2.37. The molecule has 0 spiro atoms. The molecule has 0 radical (unpaired) electrons. The Labute approximate surface area is 195 Å². The molecule has 1 aliphatic carbocycles. The van der Waals surface area contributed by atoms with Crippen LogP contribution >= 0.6 is 34.5 Å². The van der Waals surface area contributed by atoms with E-state index in [0.29, 0.717) is 15.7 Å². The van der Waals surface area contributed by atoms with Crippen LogP contribution in [0.3, 0.4) is 0 Å². The first-order chi connectivity index (χ1) is 15.1. The van der Waals surface area contributed by atoms with Gasteiger partial charge in [0.05, 0.1) is 16.4 Å². The Kier molecular flexibility index (Phi) is 5.89. The van der Waals surface area contributed by atoms with Gasteiger partial charge in [0.25, 0.3) is 5.91 Å². The number of benzene rings is 1. The lowest BCUT2D eigenvalue weighted by Gasteiger charge is -2.19. The topological polar surface area (TPSA) is 50.2 Å². The van der Waals surface area contributed by atoms with E-state index in [1.165, 1.54) is 5.57 Å². The lowest BCUT2D eigenvalue weighted by molar-refractivity contribution is 0.0819. The Hall–Kier alpha value is -2.12. The van der Waals surface area contributed by atoms with Crippen molar-refractivity contribution in [3.63, 3.8) is 0 Å². The van der Waals surface area contributed by atoms with Crippen molar-refractivity contribution in [2.75, 3.05) is 13.1 Å². The summed E-state index contributed by atoms with van der Waals surface area (Å²) in [7, 11) is 0. The zero-order valence-corrected chi connectivity index (χ0v) is 19.2. The maximum absolute atomic E-state index is 13.2. The van der Waals surface area contributed by atoms with Crippen LogP contribution in [0.1, 0.15) is 53.0 Å². The fourth-order valence-electron chi connectivity index (χ4n) is 4.33. The van der Waals surface area contributed by atoms with Crippen molar-refractivity contribution in [3.05, 3.63) is 67.6 Å². The smallest absolute Gasteiger partial charge is 0.283 e. The number of amides is 1. The SMILES string of the molecule is O=C(NN1CCCC1)c1nn(-c2ccc(Cl)cc2Cl)c2c1CCC/C2=C\c1ccsc1. The Balaban J connectivity index is 1.64. The van der Waals surface area contributed by atoms with Crippen LogP contribution in [-0.2, 0) is 6.42 Å². The molecule has 1 N–H and O–H groups in total. The van der Waals surface area contributed by atoms with Gasteiger partial charge >= 0.3 is 0 Å². The first kappa shape index (κ1) is 20.8. The molecule has 31 heavy (non-hydrogen) atoms. The number of thiophene rings is 1. The summed E-state index contributed by atoms with van der Waals surface area (Å²) in [6.45, 7) is 1.75. The monoisotopic (exact) mass is 472 g/mol. The average molecular weight is 473 g/mol. The third-order valence-corrected chi connectivity index (χ3v) is 7.00. The van der Waals surface area contributed by atoms with Crippen LogP contribution in [0.25, 0.3) is 17.3 Å². The molecule has 5 nitrogen and oxygen atoms in total. The summed E-state index contributed by atoms with van der Waals surface area (Å²) in [5.74, 6) is -0.154. The highest BCUT2D eigenvalue weighted by atomic mass is 35.5. The number of hydrogen-bond acceptors (Lipinski definition) is 4. The van der Waals surface area contributed by atoms with Crippen LogP contribution in [0.15, 0.2) is 35.0 Å². The van der Waals surface area contributed by atoms with Gasteiger partial charge in [-0.05, 0) is 84.3 Å². The van der Waals surface area contributed by atoms with E-state index in [2.05, 4.69) is 28.3 Å². The maximum Gasteiger partial charge on any atom is 0.286 e. The zero-order chi connectivity index (χ0) is 21.4. The molecular weight excluding hydrogens is 451 g/mol. The molecule has 0 atom stereocenters. The molecule has 2 aromatic heterocycles. The van der Waals surface area contributed by atoms with Crippen LogP contribution in [0.5, 0.6) is 0 Å². The van der Waals surface area contributed by atoms with E-state index in [1.807, 2.05) is 15.8 Å². The standard InChI is InChI=1S/C23H22Cl2N4OS/c24-17-6-7-20(19(25)13-17)29-22-16(12-15-8-11-31-14-15)4-3-5-18(22)21(26-29)23(30)27-28-9-1-2-10-28/h6-8,11-14H,1-5,9-10H2,(H,27,30)/b16-12+. The number of nitrogens with one attached hydrogen (secondary N) is 1. The number of allylic oxidation sites excluding steroid dienone is 1. The number of aromatic nitrogens is 2. The number of hydrazine groups is 1. The lowest BCUT2D eigenvalue weighted by Crippen LogP contribution is -2.40. The summed E-state index contributed by atoms with van der Waals surface area (Å²) in [6, 6.07) is 7.47. The fourth-order valence-corrected chi connectivity index (χ4v) is 5.43. The number of hydrogen-bond donors (Lipinski definition) is 1. The zero-order valence-electron chi connectivity index (χ0n) is 16.9. The van der Waals surface area contributed by atoms with Crippen molar-refractivity contribution in [2.24, 2.45) is 0 Å². The van der Waals surface area contributed by atoms with Crippen molar-refractivity contribution in [3.8, 4) is 5.69 Å². The fraction of sp³-hybridized carbons (Fsp3) is 0.304.